The fraction of sp³-hybridized carbons (Fsp3) is 0.167. The molecule has 5 nitrogen and oxygen atoms in total. The van der Waals surface area contributed by atoms with Crippen LogP contribution in [0.25, 0.3) is 10.9 Å². The molecule has 1 aliphatic rings. The van der Waals surface area contributed by atoms with Crippen molar-refractivity contribution in [1.29, 1.82) is 0 Å². The summed E-state index contributed by atoms with van der Waals surface area (Å²) < 4.78 is 5.74. The predicted molar refractivity (Wildman–Crippen MR) is 112 cm³/mol. The fourth-order valence-corrected chi connectivity index (χ4v) is 4.14. The number of nitrogens with one attached hydrogen (secondary N) is 1. The van der Waals surface area contributed by atoms with Gasteiger partial charge in [-0.2, -0.15) is 0 Å². The minimum absolute atomic E-state index is 0.0103. The molecule has 0 saturated carbocycles. The lowest BCUT2D eigenvalue weighted by atomic mass is 9.93. The molecular formula is C24H21N3O2. The highest BCUT2D eigenvalue weighted by molar-refractivity contribution is 5.86. The molecule has 5 rings (SSSR count). The van der Waals surface area contributed by atoms with Gasteiger partial charge < -0.3 is 14.6 Å². The number of ether oxygens (including phenoxy) is 1. The lowest BCUT2D eigenvalue weighted by molar-refractivity contribution is -0.135. The van der Waals surface area contributed by atoms with E-state index >= 15 is 0 Å². The van der Waals surface area contributed by atoms with Gasteiger partial charge in [0.25, 0.3) is 5.91 Å². The summed E-state index contributed by atoms with van der Waals surface area (Å²) in [5.74, 6) is 0.661. The van der Waals surface area contributed by atoms with Gasteiger partial charge in [0, 0.05) is 35.5 Å². The number of nitrogens with zero attached hydrogens (tertiary/aromatic N) is 2. The van der Waals surface area contributed by atoms with Crippen LogP contribution in [-0.4, -0.2) is 33.9 Å². The molecule has 2 aromatic carbocycles. The van der Waals surface area contributed by atoms with Crippen LogP contribution in [0.4, 0.5) is 0 Å². The maximum atomic E-state index is 13.1. The highest BCUT2D eigenvalue weighted by Gasteiger charge is 2.34. The van der Waals surface area contributed by atoms with Crippen molar-refractivity contribution >= 4 is 16.8 Å². The summed E-state index contributed by atoms with van der Waals surface area (Å²) >= 11 is 0. The molecule has 1 atom stereocenters. The Balaban J connectivity index is 1.50. The number of aromatic amines is 1. The standard InChI is InChI=1S/C24H21N3O2/c28-22(16-29-18-8-2-1-3-9-18)27-14-12-20-19-10-4-5-11-21(19)26-23(20)24(27)17-7-6-13-25-15-17/h1-11,13,15,24,26H,12,14,16H2. The lowest BCUT2D eigenvalue weighted by Gasteiger charge is -2.36. The molecule has 1 aliphatic heterocycles. The third-order valence-electron chi connectivity index (χ3n) is 5.46. The molecule has 1 amide bonds. The first-order valence-corrected chi connectivity index (χ1v) is 9.78. The molecule has 0 fully saturated rings. The Morgan fingerprint density at radius 2 is 1.90 bits per heavy atom. The summed E-state index contributed by atoms with van der Waals surface area (Å²) in [6, 6.07) is 21.5. The van der Waals surface area contributed by atoms with Crippen LogP contribution in [0.3, 0.4) is 0 Å². The Morgan fingerprint density at radius 1 is 1.07 bits per heavy atom. The van der Waals surface area contributed by atoms with Crippen molar-refractivity contribution in [3.63, 3.8) is 0 Å². The van der Waals surface area contributed by atoms with Crippen molar-refractivity contribution in [1.82, 2.24) is 14.9 Å². The number of hydrogen-bond acceptors (Lipinski definition) is 3. The number of aromatic nitrogens is 2. The van der Waals surface area contributed by atoms with Gasteiger partial charge in [-0.05, 0) is 41.8 Å². The molecule has 0 aliphatic carbocycles. The molecule has 0 spiro atoms. The smallest absolute Gasteiger partial charge is 0.261 e. The number of H-pyrrole nitrogens is 1. The Labute approximate surface area is 169 Å². The third-order valence-corrected chi connectivity index (χ3v) is 5.46. The summed E-state index contributed by atoms with van der Waals surface area (Å²) in [6.45, 7) is 0.654. The van der Waals surface area contributed by atoms with E-state index in [0.717, 1.165) is 23.2 Å². The zero-order valence-corrected chi connectivity index (χ0v) is 15.9. The summed E-state index contributed by atoms with van der Waals surface area (Å²) in [4.78, 5) is 22.9. The molecule has 0 saturated heterocycles. The summed E-state index contributed by atoms with van der Waals surface area (Å²) in [6.07, 6.45) is 4.40. The Morgan fingerprint density at radius 3 is 2.72 bits per heavy atom. The predicted octanol–water partition coefficient (Wildman–Crippen LogP) is 4.12. The van der Waals surface area contributed by atoms with E-state index in [1.165, 1.54) is 10.9 Å². The number of fused-ring (bicyclic) bond motifs is 3. The molecule has 0 bridgehead atoms. The van der Waals surface area contributed by atoms with E-state index in [0.29, 0.717) is 12.3 Å². The second-order valence-corrected chi connectivity index (χ2v) is 7.19. The summed E-state index contributed by atoms with van der Waals surface area (Å²) in [7, 11) is 0. The molecule has 5 heteroatoms. The van der Waals surface area contributed by atoms with Gasteiger partial charge in [0.2, 0.25) is 0 Å². The van der Waals surface area contributed by atoms with E-state index < -0.39 is 0 Å². The Kier molecular flexibility index (Phi) is 4.48. The van der Waals surface area contributed by atoms with Crippen molar-refractivity contribution in [3.05, 3.63) is 95.9 Å². The average Bonchev–Trinajstić information content (AvgIpc) is 3.17. The highest BCUT2D eigenvalue weighted by Crippen LogP contribution is 2.38. The monoisotopic (exact) mass is 383 g/mol. The number of para-hydroxylation sites is 2. The number of carbonyl (C=O) groups excluding carboxylic acids is 1. The molecule has 4 aromatic rings. The van der Waals surface area contributed by atoms with E-state index in [1.807, 2.05) is 59.6 Å². The second-order valence-electron chi connectivity index (χ2n) is 7.19. The van der Waals surface area contributed by atoms with E-state index in [1.54, 1.807) is 6.20 Å². The second kappa shape index (κ2) is 7.43. The van der Waals surface area contributed by atoms with Gasteiger partial charge in [-0.1, -0.05) is 42.5 Å². The van der Waals surface area contributed by atoms with E-state index in [-0.39, 0.29) is 18.6 Å². The number of benzene rings is 2. The molecule has 3 heterocycles. The Hall–Kier alpha value is -3.60. The van der Waals surface area contributed by atoms with E-state index in [2.05, 4.69) is 28.2 Å². The minimum atomic E-state index is -0.202. The quantitative estimate of drug-likeness (QED) is 0.577. The first-order chi connectivity index (χ1) is 14.3. The van der Waals surface area contributed by atoms with Gasteiger partial charge in [-0.25, -0.2) is 0 Å². The van der Waals surface area contributed by atoms with Crippen molar-refractivity contribution in [2.45, 2.75) is 12.5 Å². The van der Waals surface area contributed by atoms with Gasteiger partial charge in [0.1, 0.15) is 5.75 Å². The molecule has 2 aromatic heterocycles. The summed E-state index contributed by atoms with van der Waals surface area (Å²) in [5, 5.41) is 1.23. The van der Waals surface area contributed by atoms with Crippen LogP contribution in [0.15, 0.2) is 79.1 Å². The van der Waals surface area contributed by atoms with Crippen LogP contribution in [-0.2, 0) is 11.2 Å². The van der Waals surface area contributed by atoms with Crippen molar-refractivity contribution in [2.24, 2.45) is 0 Å². The van der Waals surface area contributed by atoms with Crippen LogP contribution in [0.5, 0.6) is 5.75 Å². The van der Waals surface area contributed by atoms with Gasteiger partial charge in [-0.3, -0.25) is 9.78 Å². The SMILES string of the molecule is O=C(COc1ccccc1)N1CCc2c([nH]c3ccccc23)C1c1cccnc1. The third kappa shape index (κ3) is 3.25. The summed E-state index contributed by atoms with van der Waals surface area (Å²) in [5.41, 5.74) is 4.44. The van der Waals surface area contributed by atoms with Gasteiger partial charge in [0.05, 0.1) is 6.04 Å². The molecule has 29 heavy (non-hydrogen) atoms. The van der Waals surface area contributed by atoms with Crippen molar-refractivity contribution < 1.29 is 9.53 Å². The molecule has 144 valence electrons. The van der Waals surface area contributed by atoms with Crippen LogP contribution < -0.4 is 4.74 Å². The van der Waals surface area contributed by atoms with Crippen LogP contribution >= 0.6 is 0 Å². The minimum Gasteiger partial charge on any atom is -0.484 e. The molecule has 1 N–H and O–H groups in total. The number of hydrogen-bond donors (Lipinski definition) is 1. The number of carbonyl (C=O) groups is 1. The van der Waals surface area contributed by atoms with Crippen molar-refractivity contribution in [2.75, 3.05) is 13.2 Å². The number of amides is 1. The highest BCUT2D eigenvalue weighted by atomic mass is 16.5. The first-order valence-electron chi connectivity index (χ1n) is 9.78. The van der Waals surface area contributed by atoms with Gasteiger partial charge in [-0.15, -0.1) is 0 Å². The van der Waals surface area contributed by atoms with Gasteiger partial charge in [0.15, 0.2) is 6.61 Å². The normalized spacial score (nSPS) is 15.9. The number of pyridine rings is 1. The molecule has 1 unspecified atom stereocenters. The van der Waals surface area contributed by atoms with Crippen LogP contribution in [0.2, 0.25) is 0 Å². The Bertz CT molecular complexity index is 1140. The average molecular weight is 383 g/mol. The number of rotatable bonds is 4. The largest absolute Gasteiger partial charge is 0.484 e. The zero-order valence-electron chi connectivity index (χ0n) is 15.9. The zero-order chi connectivity index (χ0) is 19.6. The van der Waals surface area contributed by atoms with E-state index in [4.69, 9.17) is 4.74 Å². The van der Waals surface area contributed by atoms with Crippen LogP contribution in [0.1, 0.15) is 22.9 Å². The maximum Gasteiger partial charge on any atom is 0.261 e. The molecular weight excluding hydrogens is 362 g/mol. The topological polar surface area (TPSA) is 58.2 Å². The lowest BCUT2D eigenvalue weighted by Crippen LogP contribution is -2.43. The van der Waals surface area contributed by atoms with Crippen LogP contribution in [0, 0.1) is 0 Å². The first kappa shape index (κ1) is 17.5. The fourth-order valence-electron chi connectivity index (χ4n) is 4.14. The maximum absolute atomic E-state index is 13.1. The van der Waals surface area contributed by atoms with Gasteiger partial charge >= 0.3 is 0 Å². The van der Waals surface area contributed by atoms with Crippen molar-refractivity contribution in [3.8, 4) is 5.75 Å². The van der Waals surface area contributed by atoms with E-state index in [9.17, 15) is 4.79 Å². The molecule has 0 radical (unpaired) electrons.